The molecule has 2 aromatic rings. The number of carbonyl (C=O) groups excluding carboxylic acids is 1. The van der Waals surface area contributed by atoms with Crippen LogP contribution in [0.3, 0.4) is 0 Å². The zero-order valence-corrected chi connectivity index (χ0v) is 13.2. The van der Waals surface area contributed by atoms with Gasteiger partial charge in [0.15, 0.2) is 4.34 Å². The summed E-state index contributed by atoms with van der Waals surface area (Å²) in [6.07, 6.45) is 0. The second-order valence-electron chi connectivity index (χ2n) is 4.13. The molecule has 1 heterocycles. The van der Waals surface area contributed by atoms with E-state index in [0.717, 1.165) is 10.0 Å². The Bertz CT molecular complexity index is 633. The van der Waals surface area contributed by atoms with Crippen LogP contribution in [-0.2, 0) is 4.79 Å². The predicted octanol–water partition coefficient (Wildman–Crippen LogP) is 4.36. The molecule has 0 aliphatic carbocycles. The minimum atomic E-state index is -0.436. The minimum Gasteiger partial charge on any atom is -0.324 e. The van der Waals surface area contributed by atoms with Crippen molar-refractivity contribution in [1.29, 1.82) is 0 Å². The predicted molar refractivity (Wildman–Crippen MR) is 82.2 cm³/mol. The third-order valence-corrected chi connectivity index (χ3v) is 4.94. The van der Waals surface area contributed by atoms with Gasteiger partial charge in [-0.05, 0) is 32.0 Å². The lowest BCUT2D eigenvalue weighted by molar-refractivity contribution is -0.115. The van der Waals surface area contributed by atoms with Gasteiger partial charge < -0.3 is 5.32 Å². The van der Waals surface area contributed by atoms with Crippen LogP contribution >= 0.6 is 34.7 Å². The number of hydrogen-bond donors (Lipinski definition) is 1. The number of nitrogens with one attached hydrogen (secondary N) is 1. The van der Waals surface area contributed by atoms with Crippen LogP contribution in [0.2, 0.25) is 5.02 Å². The number of thioether (sulfide) groups is 1. The molecule has 0 bridgehead atoms. The number of rotatable bonds is 4. The largest absolute Gasteiger partial charge is 0.324 e. The molecule has 20 heavy (non-hydrogen) atoms. The molecule has 1 aromatic heterocycles. The second kappa shape index (κ2) is 6.56. The number of carbonyl (C=O) groups is 1. The molecule has 0 aliphatic heterocycles. The number of aromatic nitrogens is 1. The molecular formula is C13H12ClFN2OS2. The fraction of sp³-hybridized carbons (Fsp3) is 0.231. The molecule has 1 N–H and O–H groups in total. The summed E-state index contributed by atoms with van der Waals surface area (Å²) >= 11 is 8.75. The Morgan fingerprint density at radius 1 is 1.55 bits per heavy atom. The van der Waals surface area contributed by atoms with Gasteiger partial charge in [-0.3, -0.25) is 4.79 Å². The maximum Gasteiger partial charge on any atom is 0.237 e. The lowest BCUT2D eigenvalue weighted by atomic mass is 10.3. The maximum atomic E-state index is 12.9. The smallest absolute Gasteiger partial charge is 0.237 e. The molecular weight excluding hydrogens is 319 g/mol. The summed E-state index contributed by atoms with van der Waals surface area (Å²) in [5, 5.41) is 4.48. The fourth-order valence-electron chi connectivity index (χ4n) is 1.42. The first kappa shape index (κ1) is 15.3. The van der Waals surface area contributed by atoms with Gasteiger partial charge in [-0.2, -0.15) is 0 Å². The molecule has 1 amide bonds. The van der Waals surface area contributed by atoms with E-state index in [-0.39, 0.29) is 16.2 Å². The van der Waals surface area contributed by atoms with Crippen LogP contribution in [0.5, 0.6) is 0 Å². The third kappa shape index (κ3) is 3.94. The summed E-state index contributed by atoms with van der Waals surface area (Å²) in [6.45, 7) is 3.69. The average Bonchev–Trinajstić information content (AvgIpc) is 2.78. The van der Waals surface area contributed by atoms with Crippen LogP contribution in [0, 0.1) is 12.7 Å². The Morgan fingerprint density at radius 3 is 2.90 bits per heavy atom. The van der Waals surface area contributed by atoms with E-state index in [0.29, 0.717) is 5.69 Å². The van der Waals surface area contributed by atoms with E-state index in [2.05, 4.69) is 10.3 Å². The highest BCUT2D eigenvalue weighted by Crippen LogP contribution is 2.28. The number of hydrogen-bond acceptors (Lipinski definition) is 4. The highest BCUT2D eigenvalue weighted by Gasteiger charge is 2.17. The molecule has 1 atom stereocenters. The quantitative estimate of drug-likeness (QED) is 0.847. The van der Waals surface area contributed by atoms with Crippen molar-refractivity contribution < 1.29 is 9.18 Å². The van der Waals surface area contributed by atoms with Crippen LogP contribution in [-0.4, -0.2) is 16.1 Å². The number of nitrogens with zero attached hydrogens (tertiary/aromatic N) is 1. The zero-order chi connectivity index (χ0) is 14.7. The number of benzene rings is 1. The van der Waals surface area contributed by atoms with E-state index >= 15 is 0 Å². The van der Waals surface area contributed by atoms with E-state index in [1.807, 2.05) is 12.3 Å². The Kier molecular flexibility index (Phi) is 5.01. The maximum absolute atomic E-state index is 12.9. The molecule has 2 rings (SSSR count). The van der Waals surface area contributed by atoms with Crippen LogP contribution in [0.25, 0.3) is 0 Å². The van der Waals surface area contributed by atoms with Crippen molar-refractivity contribution in [2.45, 2.75) is 23.4 Å². The van der Waals surface area contributed by atoms with E-state index in [4.69, 9.17) is 11.6 Å². The van der Waals surface area contributed by atoms with Crippen LogP contribution in [0.1, 0.15) is 12.6 Å². The van der Waals surface area contributed by atoms with Gasteiger partial charge in [0, 0.05) is 11.1 Å². The number of anilines is 1. The number of thiazole rings is 1. The average molecular weight is 331 g/mol. The van der Waals surface area contributed by atoms with Crippen molar-refractivity contribution in [3.8, 4) is 0 Å². The van der Waals surface area contributed by atoms with Gasteiger partial charge in [0.2, 0.25) is 5.91 Å². The summed E-state index contributed by atoms with van der Waals surface area (Å²) in [6, 6.07) is 3.86. The Labute approximate surface area is 129 Å². The van der Waals surface area contributed by atoms with Crippen LogP contribution in [0.15, 0.2) is 27.9 Å². The number of halogens is 2. The summed E-state index contributed by atoms with van der Waals surface area (Å²) in [4.78, 5) is 16.3. The Morgan fingerprint density at radius 2 is 2.30 bits per heavy atom. The monoisotopic (exact) mass is 330 g/mol. The molecule has 0 unspecified atom stereocenters. The zero-order valence-electron chi connectivity index (χ0n) is 10.8. The Hall–Kier alpha value is -1.11. The van der Waals surface area contributed by atoms with Crippen molar-refractivity contribution in [3.05, 3.63) is 40.1 Å². The lowest BCUT2D eigenvalue weighted by Gasteiger charge is -2.11. The van der Waals surface area contributed by atoms with E-state index < -0.39 is 5.82 Å². The fourth-order valence-corrected chi connectivity index (χ4v) is 3.62. The van der Waals surface area contributed by atoms with Gasteiger partial charge in [0.05, 0.1) is 16.0 Å². The van der Waals surface area contributed by atoms with Crippen molar-refractivity contribution in [3.63, 3.8) is 0 Å². The molecule has 0 fully saturated rings. The van der Waals surface area contributed by atoms with Gasteiger partial charge in [-0.1, -0.05) is 23.4 Å². The van der Waals surface area contributed by atoms with Crippen molar-refractivity contribution in [2.24, 2.45) is 0 Å². The standard InChI is InChI=1S/C13H12ClFN2OS2/c1-7-6-19-13(16-7)20-8(2)12(18)17-11-4-3-9(15)5-10(11)14/h3-6,8H,1-2H3,(H,17,18)/t8-/m1/s1. The Balaban J connectivity index is 2.00. The first-order chi connectivity index (χ1) is 9.45. The van der Waals surface area contributed by atoms with Crippen molar-refractivity contribution >= 4 is 46.3 Å². The first-order valence-corrected chi connectivity index (χ1v) is 7.94. The number of aryl methyl sites for hydroxylation is 1. The number of amides is 1. The van der Waals surface area contributed by atoms with Crippen molar-refractivity contribution in [1.82, 2.24) is 4.98 Å². The molecule has 7 heteroatoms. The SMILES string of the molecule is Cc1csc(S[C@H](C)C(=O)Nc2ccc(F)cc2Cl)n1. The van der Waals surface area contributed by atoms with Gasteiger partial charge >= 0.3 is 0 Å². The molecule has 0 spiro atoms. The molecule has 0 radical (unpaired) electrons. The molecule has 0 saturated heterocycles. The van der Waals surface area contributed by atoms with Gasteiger partial charge in [-0.15, -0.1) is 11.3 Å². The molecule has 106 valence electrons. The van der Waals surface area contributed by atoms with Gasteiger partial charge in [0.1, 0.15) is 5.82 Å². The normalized spacial score (nSPS) is 12.2. The molecule has 0 saturated carbocycles. The summed E-state index contributed by atoms with van der Waals surface area (Å²) in [7, 11) is 0. The van der Waals surface area contributed by atoms with Crippen LogP contribution < -0.4 is 5.32 Å². The summed E-state index contributed by atoms with van der Waals surface area (Å²) in [5.41, 5.74) is 1.34. The van der Waals surface area contributed by atoms with E-state index in [1.54, 1.807) is 6.92 Å². The molecule has 1 aromatic carbocycles. The minimum absolute atomic E-state index is 0.181. The second-order valence-corrected chi connectivity index (χ2v) is 6.98. The highest BCUT2D eigenvalue weighted by atomic mass is 35.5. The summed E-state index contributed by atoms with van der Waals surface area (Å²) in [5.74, 6) is -0.634. The van der Waals surface area contributed by atoms with E-state index in [1.165, 1.54) is 41.3 Å². The highest BCUT2D eigenvalue weighted by molar-refractivity contribution is 8.02. The first-order valence-electron chi connectivity index (χ1n) is 5.80. The van der Waals surface area contributed by atoms with Crippen molar-refractivity contribution in [2.75, 3.05) is 5.32 Å². The molecule has 3 nitrogen and oxygen atoms in total. The van der Waals surface area contributed by atoms with Gasteiger partial charge in [0.25, 0.3) is 0 Å². The molecule has 0 aliphatic rings. The van der Waals surface area contributed by atoms with Gasteiger partial charge in [-0.25, -0.2) is 9.37 Å². The van der Waals surface area contributed by atoms with E-state index in [9.17, 15) is 9.18 Å². The topological polar surface area (TPSA) is 42.0 Å². The lowest BCUT2D eigenvalue weighted by Crippen LogP contribution is -2.22. The third-order valence-electron chi connectivity index (χ3n) is 2.43. The summed E-state index contributed by atoms with van der Waals surface area (Å²) < 4.78 is 13.8. The van der Waals surface area contributed by atoms with Crippen LogP contribution in [0.4, 0.5) is 10.1 Å².